The van der Waals surface area contributed by atoms with Crippen molar-refractivity contribution >= 4 is 35.2 Å². The van der Waals surface area contributed by atoms with Crippen LogP contribution in [0.4, 0.5) is 0 Å². The molecular weight excluding hydrogens is 336 g/mol. The molecule has 0 heterocycles. The molecule has 2 N–H and O–H groups in total. The Morgan fingerprint density at radius 1 is 1.39 bits per heavy atom. The molecule has 0 radical (unpaired) electrons. The summed E-state index contributed by atoms with van der Waals surface area (Å²) in [6.45, 7) is 2.72. The molecule has 1 aliphatic carbocycles. The third-order valence-corrected chi connectivity index (χ3v) is 5.45. The molecule has 1 fully saturated rings. The van der Waals surface area contributed by atoms with Crippen molar-refractivity contribution in [3.05, 3.63) is 29.3 Å². The van der Waals surface area contributed by atoms with Crippen LogP contribution < -0.4 is 5.32 Å². The standard InChI is InChI=1S/C16H21ClN2O3S/c1-2-19(9-16(21)22)12-7-11(8-12)18-15(20)10-23-14-6-4-3-5-13(14)17/h3-6,11-12H,2,7-10H2,1H3,(H,18,20)(H,21,22). The highest BCUT2D eigenvalue weighted by atomic mass is 35.5. The molecule has 23 heavy (non-hydrogen) atoms. The Labute approximate surface area is 145 Å². The van der Waals surface area contributed by atoms with E-state index in [4.69, 9.17) is 16.7 Å². The van der Waals surface area contributed by atoms with Gasteiger partial charge in [-0.3, -0.25) is 14.5 Å². The van der Waals surface area contributed by atoms with Crippen molar-refractivity contribution in [2.45, 2.75) is 36.7 Å². The van der Waals surface area contributed by atoms with Gasteiger partial charge in [0, 0.05) is 17.0 Å². The molecule has 0 atom stereocenters. The summed E-state index contributed by atoms with van der Waals surface area (Å²) in [6.07, 6.45) is 1.62. The number of benzene rings is 1. The van der Waals surface area contributed by atoms with Gasteiger partial charge in [-0.15, -0.1) is 11.8 Å². The third-order valence-electron chi connectivity index (χ3n) is 3.93. The van der Waals surface area contributed by atoms with Crippen LogP contribution in [-0.2, 0) is 9.59 Å². The van der Waals surface area contributed by atoms with Crippen molar-refractivity contribution in [2.75, 3.05) is 18.8 Å². The first-order chi connectivity index (χ1) is 11.0. The Balaban J connectivity index is 1.70. The number of rotatable bonds is 8. The van der Waals surface area contributed by atoms with Crippen molar-refractivity contribution in [1.29, 1.82) is 0 Å². The van der Waals surface area contributed by atoms with Gasteiger partial charge in [0.15, 0.2) is 0 Å². The number of hydrogen-bond donors (Lipinski definition) is 2. The van der Waals surface area contributed by atoms with E-state index < -0.39 is 5.97 Å². The predicted molar refractivity (Wildman–Crippen MR) is 92.0 cm³/mol. The van der Waals surface area contributed by atoms with Gasteiger partial charge < -0.3 is 10.4 Å². The molecule has 1 amide bonds. The van der Waals surface area contributed by atoms with Crippen molar-refractivity contribution in [1.82, 2.24) is 10.2 Å². The monoisotopic (exact) mass is 356 g/mol. The van der Waals surface area contributed by atoms with Crippen LogP contribution in [0.15, 0.2) is 29.2 Å². The zero-order chi connectivity index (χ0) is 16.8. The van der Waals surface area contributed by atoms with Gasteiger partial charge in [-0.05, 0) is 31.5 Å². The van der Waals surface area contributed by atoms with Crippen molar-refractivity contribution < 1.29 is 14.7 Å². The van der Waals surface area contributed by atoms with Crippen molar-refractivity contribution in [3.63, 3.8) is 0 Å². The van der Waals surface area contributed by atoms with Gasteiger partial charge in [-0.1, -0.05) is 30.7 Å². The molecule has 0 saturated heterocycles. The summed E-state index contributed by atoms with van der Waals surface area (Å²) in [7, 11) is 0. The summed E-state index contributed by atoms with van der Waals surface area (Å²) in [5.74, 6) is -0.493. The van der Waals surface area contributed by atoms with Crippen LogP contribution in [0, 0.1) is 0 Å². The zero-order valence-corrected chi connectivity index (χ0v) is 14.6. The fraction of sp³-hybridized carbons (Fsp3) is 0.500. The highest BCUT2D eigenvalue weighted by molar-refractivity contribution is 8.00. The summed E-state index contributed by atoms with van der Waals surface area (Å²) in [6, 6.07) is 7.84. The van der Waals surface area contributed by atoms with E-state index in [-0.39, 0.29) is 24.5 Å². The van der Waals surface area contributed by atoms with E-state index in [1.165, 1.54) is 11.8 Å². The maximum absolute atomic E-state index is 12.0. The minimum Gasteiger partial charge on any atom is -0.480 e. The number of carboxylic acids is 1. The third kappa shape index (κ3) is 5.41. The van der Waals surface area contributed by atoms with E-state index in [0.717, 1.165) is 17.7 Å². The molecule has 1 aliphatic rings. The number of nitrogens with zero attached hydrogens (tertiary/aromatic N) is 1. The number of nitrogens with one attached hydrogen (secondary N) is 1. The predicted octanol–water partition coefficient (Wildman–Crippen LogP) is 2.49. The highest BCUT2D eigenvalue weighted by Crippen LogP contribution is 2.28. The molecule has 2 rings (SSSR count). The molecule has 0 aromatic heterocycles. The normalized spacial score (nSPS) is 20.1. The maximum atomic E-state index is 12.0. The Morgan fingerprint density at radius 2 is 2.09 bits per heavy atom. The van der Waals surface area contributed by atoms with Crippen LogP contribution in [0.3, 0.4) is 0 Å². The van der Waals surface area contributed by atoms with Crippen LogP contribution >= 0.6 is 23.4 Å². The number of hydrogen-bond acceptors (Lipinski definition) is 4. The highest BCUT2D eigenvalue weighted by Gasteiger charge is 2.34. The Morgan fingerprint density at radius 3 is 2.70 bits per heavy atom. The number of thioether (sulfide) groups is 1. The first-order valence-electron chi connectivity index (χ1n) is 7.62. The molecular formula is C16H21ClN2O3S. The molecule has 7 heteroatoms. The molecule has 0 unspecified atom stereocenters. The number of likely N-dealkylation sites (N-methyl/N-ethyl adjacent to an activating group) is 1. The van der Waals surface area contributed by atoms with Gasteiger partial charge in [0.1, 0.15) is 0 Å². The van der Waals surface area contributed by atoms with Gasteiger partial charge in [-0.2, -0.15) is 0 Å². The quantitative estimate of drug-likeness (QED) is 0.700. The first kappa shape index (κ1) is 18.1. The molecule has 1 aromatic rings. The fourth-order valence-corrected chi connectivity index (χ4v) is 3.70. The van der Waals surface area contributed by atoms with Crippen molar-refractivity contribution in [3.8, 4) is 0 Å². The average Bonchev–Trinajstić information content (AvgIpc) is 2.47. The lowest BCUT2D eigenvalue weighted by molar-refractivity contribution is -0.139. The van der Waals surface area contributed by atoms with E-state index in [9.17, 15) is 9.59 Å². The molecule has 1 aromatic carbocycles. The van der Waals surface area contributed by atoms with Gasteiger partial charge in [-0.25, -0.2) is 0 Å². The van der Waals surface area contributed by atoms with E-state index in [0.29, 0.717) is 17.3 Å². The van der Waals surface area contributed by atoms with Gasteiger partial charge >= 0.3 is 5.97 Å². The first-order valence-corrected chi connectivity index (χ1v) is 8.98. The molecule has 5 nitrogen and oxygen atoms in total. The minimum absolute atomic E-state index is 0.0142. The number of carbonyl (C=O) groups excluding carboxylic acids is 1. The minimum atomic E-state index is -0.810. The lowest BCUT2D eigenvalue weighted by Crippen LogP contribution is -2.55. The van der Waals surface area contributed by atoms with Crippen LogP contribution in [0.5, 0.6) is 0 Å². The van der Waals surface area contributed by atoms with E-state index in [2.05, 4.69) is 5.32 Å². The molecule has 0 aliphatic heterocycles. The SMILES string of the molecule is CCN(CC(=O)O)C1CC(NC(=O)CSc2ccccc2Cl)C1. The second kappa shape index (κ2) is 8.57. The fourth-order valence-electron chi connectivity index (χ4n) is 2.65. The Kier molecular flexibility index (Phi) is 6.74. The van der Waals surface area contributed by atoms with E-state index in [1.807, 2.05) is 30.0 Å². The zero-order valence-electron chi connectivity index (χ0n) is 13.0. The van der Waals surface area contributed by atoms with Gasteiger partial charge in [0.25, 0.3) is 0 Å². The summed E-state index contributed by atoms with van der Waals surface area (Å²) < 4.78 is 0. The number of carboxylic acid groups (broad SMARTS) is 1. The smallest absolute Gasteiger partial charge is 0.317 e. The van der Waals surface area contributed by atoms with E-state index in [1.54, 1.807) is 6.07 Å². The van der Waals surface area contributed by atoms with Gasteiger partial charge in [0.2, 0.25) is 5.91 Å². The molecule has 0 bridgehead atoms. The molecule has 126 valence electrons. The summed E-state index contributed by atoms with van der Waals surface area (Å²) in [5, 5.41) is 12.5. The number of carbonyl (C=O) groups is 2. The second-order valence-corrected chi connectivity index (χ2v) is 6.99. The number of aliphatic carboxylic acids is 1. The van der Waals surface area contributed by atoms with Crippen LogP contribution in [-0.4, -0.2) is 52.8 Å². The van der Waals surface area contributed by atoms with Crippen LogP contribution in [0.1, 0.15) is 19.8 Å². The summed E-state index contributed by atoms with van der Waals surface area (Å²) in [4.78, 5) is 25.6. The topological polar surface area (TPSA) is 69.6 Å². The Bertz CT molecular complexity index is 564. The summed E-state index contributed by atoms with van der Waals surface area (Å²) >= 11 is 7.48. The van der Waals surface area contributed by atoms with Gasteiger partial charge in [0.05, 0.1) is 17.3 Å². The largest absolute Gasteiger partial charge is 0.480 e. The maximum Gasteiger partial charge on any atom is 0.317 e. The van der Waals surface area contributed by atoms with E-state index >= 15 is 0 Å². The lowest BCUT2D eigenvalue weighted by atomic mass is 9.85. The Hall–Kier alpha value is -1.24. The average molecular weight is 357 g/mol. The molecule has 0 spiro atoms. The van der Waals surface area contributed by atoms with Crippen LogP contribution in [0.2, 0.25) is 5.02 Å². The van der Waals surface area contributed by atoms with Crippen LogP contribution in [0.25, 0.3) is 0 Å². The van der Waals surface area contributed by atoms with Crippen molar-refractivity contribution in [2.24, 2.45) is 0 Å². The number of halogens is 1. The lowest BCUT2D eigenvalue weighted by Gasteiger charge is -2.42. The second-order valence-electron chi connectivity index (χ2n) is 5.57. The summed E-state index contributed by atoms with van der Waals surface area (Å²) in [5.41, 5.74) is 0. The molecule has 1 saturated carbocycles. The number of amides is 1.